The summed E-state index contributed by atoms with van der Waals surface area (Å²) in [5, 5.41) is 3.16. The third-order valence-electron chi connectivity index (χ3n) is 4.23. The molecule has 3 rings (SSSR count). The van der Waals surface area contributed by atoms with Crippen molar-refractivity contribution in [3.63, 3.8) is 0 Å². The van der Waals surface area contributed by atoms with Gasteiger partial charge in [-0.2, -0.15) is 0 Å². The first kappa shape index (κ1) is 15.0. The number of rotatable bonds is 3. The van der Waals surface area contributed by atoms with Crippen LogP contribution in [0.5, 0.6) is 0 Å². The van der Waals surface area contributed by atoms with Crippen LogP contribution in [-0.2, 0) is 0 Å². The molecule has 0 saturated carbocycles. The van der Waals surface area contributed by atoms with Crippen molar-refractivity contribution in [3.8, 4) is 0 Å². The van der Waals surface area contributed by atoms with E-state index < -0.39 is 7.49 Å². The molecule has 112 valence electrons. The molecule has 0 spiro atoms. The fourth-order valence-corrected chi connectivity index (χ4v) is 6.77. The monoisotopic (exact) mass is 308 g/mol. The van der Waals surface area contributed by atoms with E-state index in [1.807, 2.05) is 60.7 Å². The van der Waals surface area contributed by atoms with Crippen LogP contribution in [0.15, 0.2) is 78.9 Å². The van der Waals surface area contributed by atoms with Gasteiger partial charge in [-0.1, -0.05) is 0 Å². The van der Waals surface area contributed by atoms with E-state index in [0.717, 1.165) is 27.0 Å². The summed E-state index contributed by atoms with van der Waals surface area (Å²) in [5.41, 5.74) is 2.31. The van der Waals surface area contributed by atoms with E-state index in [9.17, 15) is 4.89 Å². The zero-order valence-corrected chi connectivity index (χ0v) is 14.0. The topological polar surface area (TPSA) is 20.2 Å². The predicted molar refractivity (Wildman–Crippen MR) is 98.2 cm³/mol. The van der Waals surface area contributed by atoms with Gasteiger partial charge in [-0.05, 0) is 0 Å². The summed E-state index contributed by atoms with van der Waals surface area (Å²) in [6.07, 6.45) is 0. The first-order valence-corrected chi connectivity index (χ1v) is 9.49. The van der Waals surface area contributed by atoms with Crippen molar-refractivity contribution in [1.29, 1.82) is 0 Å². The second kappa shape index (κ2) is 6.04. The summed E-state index contributed by atoms with van der Waals surface area (Å²) in [5.74, 6) is 0. The van der Waals surface area contributed by atoms with Gasteiger partial charge in [-0.3, -0.25) is 0 Å². The average Bonchev–Trinajstić information content (AvgIpc) is 2.56. The standard InChI is InChI=1S/C20H21OP/c1-16-10-9-11-17(2)20(16)22(21,18-12-5-3-6-13-18)19-14-7-4-8-15-19/h3-15,21-22H,1-2H3. The molecule has 2 heteroatoms. The van der Waals surface area contributed by atoms with Crippen LogP contribution in [0.2, 0.25) is 0 Å². The zero-order valence-electron chi connectivity index (χ0n) is 13.0. The Morgan fingerprint density at radius 3 is 1.41 bits per heavy atom. The van der Waals surface area contributed by atoms with Gasteiger partial charge >= 0.3 is 132 Å². The van der Waals surface area contributed by atoms with Crippen LogP contribution in [0.3, 0.4) is 0 Å². The van der Waals surface area contributed by atoms with Gasteiger partial charge in [-0.15, -0.1) is 0 Å². The van der Waals surface area contributed by atoms with Crippen LogP contribution in [0.4, 0.5) is 0 Å². The number of aryl methyl sites for hydroxylation is 2. The molecule has 1 N–H and O–H groups in total. The second-order valence-corrected chi connectivity index (χ2v) is 8.78. The van der Waals surface area contributed by atoms with Crippen LogP contribution in [-0.4, -0.2) is 4.89 Å². The molecule has 0 amide bonds. The first-order chi connectivity index (χ1) is 10.6. The normalized spacial score (nSPS) is 12.1. The summed E-state index contributed by atoms with van der Waals surface area (Å²) >= 11 is 0. The molecule has 0 unspecified atom stereocenters. The Balaban J connectivity index is 2.34. The van der Waals surface area contributed by atoms with Crippen molar-refractivity contribution >= 4 is 23.4 Å². The van der Waals surface area contributed by atoms with Crippen molar-refractivity contribution in [2.24, 2.45) is 0 Å². The molecule has 0 atom stereocenters. The van der Waals surface area contributed by atoms with Crippen molar-refractivity contribution < 1.29 is 4.89 Å². The Bertz CT molecular complexity index is 706. The van der Waals surface area contributed by atoms with Gasteiger partial charge in [-0.25, -0.2) is 0 Å². The summed E-state index contributed by atoms with van der Waals surface area (Å²) in [6.45, 7) is 4.18. The van der Waals surface area contributed by atoms with Crippen molar-refractivity contribution in [1.82, 2.24) is 0 Å². The molecule has 0 aliphatic heterocycles. The molecule has 0 aliphatic carbocycles. The van der Waals surface area contributed by atoms with Gasteiger partial charge in [0.05, 0.1) is 0 Å². The van der Waals surface area contributed by atoms with Crippen molar-refractivity contribution in [2.75, 3.05) is 0 Å². The molecule has 3 aromatic carbocycles. The third kappa shape index (κ3) is 2.47. The SMILES string of the molecule is Cc1cccc(C)c1[PH](O)(c1ccccc1)c1ccccc1. The van der Waals surface area contributed by atoms with E-state index in [1.54, 1.807) is 0 Å². The van der Waals surface area contributed by atoms with E-state index in [-0.39, 0.29) is 0 Å². The second-order valence-electron chi connectivity index (χ2n) is 5.71. The van der Waals surface area contributed by atoms with Crippen LogP contribution >= 0.6 is 7.49 Å². The summed E-state index contributed by atoms with van der Waals surface area (Å²) in [6, 6.07) is 26.4. The molecule has 22 heavy (non-hydrogen) atoms. The Kier molecular flexibility index (Phi) is 4.11. The van der Waals surface area contributed by atoms with E-state index in [2.05, 4.69) is 32.0 Å². The molecule has 0 heterocycles. The van der Waals surface area contributed by atoms with Crippen LogP contribution in [0.1, 0.15) is 11.1 Å². The molecule has 3 aromatic rings. The quantitative estimate of drug-likeness (QED) is 0.737. The van der Waals surface area contributed by atoms with Gasteiger partial charge in [0, 0.05) is 0 Å². The Labute approximate surface area is 132 Å². The summed E-state index contributed by atoms with van der Waals surface area (Å²) in [7, 11) is -2.97. The van der Waals surface area contributed by atoms with Gasteiger partial charge in [0.2, 0.25) is 0 Å². The third-order valence-corrected chi connectivity index (χ3v) is 8.08. The maximum absolute atomic E-state index is 11.9. The Hall–Kier alpha value is -1.95. The number of benzene rings is 3. The summed E-state index contributed by atoms with van der Waals surface area (Å²) < 4.78 is 0. The van der Waals surface area contributed by atoms with Gasteiger partial charge in [0.15, 0.2) is 0 Å². The van der Waals surface area contributed by atoms with Gasteiger partial charge in [0.25, 0.3) is 0 Å². The van der Waals surface area contributed by atoms with Crippen LogP contribution < -0.4 is 15.9 Å². The predicted octanol–water partition coefficient (Wildman–Crippen LogP) is 3.24. The first-order valence-electron chi connectivity index (χ1n) is 7.54. The molecule has 0 bridgehead atoms. The van der Waals surface area contributed by atoms with E-state index in [1.165, 1.54) is 0 Å². The molecule has 0 aromatic heterocycles. The van der Waals surface area contributed by atoms with E-state index in [0.29, 0.717) is 0 Å². The van der Waals surface area contributed by atoms with Gasteiger partial charge < -0.3 is 0 Å². The van der Waals surface area contributed by atoms with Crippen molar-refractivity contribution in [3.05, 3.63) is 90.0 Å². The molecular weight excluding hydrogens is 287 g/mol. The average molecular weight is 308 g/mol. The maximum atomic E-state index is 11.9. The van der Waals surface area contributed by atoms with E-state index in [4.69, 9.17) is 0 Å². The van der Waals surface area contributed by atoms with Crippen LogP contribution in [0, 0.1) is 13.8 Å². The van der Waals surface area contributed by atoms with Crippen molar-refractivity contribution in [2.45, 2.75) is 13.8 Å². The number of hydrogen-bond acceptors (Lipinski definition) is 1. The summed E-state index contributed by atoms with van der Waals surface area (Å²) in [4.78, 5) is 11.9. The van der Waals surface area contributed by atoms with E-state index >= 15 is 0 Å². The Morgan fingerprint density at radius 1 is 0.591 bits per heavy atom. The Morgan fingerprint density at radius 2 is 1.00 bits per heavy atom. The molecule has 0 fully saturated rings. The molecule has 0 aliphatic rings. The fraction of sp³-hybridized carbons (Fsp3) is 0.100. The molecular formula is C20H21OP. The zero-order chi connectivity index (χ0) is 15.6. The molecule has 0 saturated heterocycles. The molecule has 1 nitrogen and oxygen atoms in total. The minimum absolute atomic E-state index is 1.03. The number of hydrogen-bond donors (Lipinski definition) is 1. The van der Waals surface area contributed by atoms with Gasteiger partial charge in [0.1, 0.15) is 0 Å². The minimum atomic E-state index is -2.97. The fourth-order valence-electron chi connectivity index (χ4n) is 3.20. The molecule has 0 radical (unpaired) electrons. The van der Waals surface area contributed by atoms with Crippen LogP contribution in [0.25, 0.3) is 0 Å².